The zero-order valence-electron chi connectivity index (χ0n) is 38.2. The SMILES string of the molecule is CCCCCCCC/C=C\C/C=C/CCC(=O)OC(CCCCCCCCCCCCCCCCC)CC(=O)NC(CO)C(O)CCCCCCCCCCCC. The van der Waals surface area contributed by atoms with Gasteiger partial charge < -0.3 is 20.3 Å². The van der Waals surface area contributed by atoms with Gasteiger partial charge in [0.15, 0.2) is 0 Å². The molecule has 0 bridgehead atoms. The Hall–Kier alpha value is -1.66. The lowest BCUT2D eigenvalue weighted by Crippen LogP contribution is -2.46. The summed E-state index contributed by atoms with van der Waals surface area (Å²) in [5.41, 5.74) is 0. The number of esters is 1. The van der Waals surface area contributed by atoms with Crippen molar-refractivity contribution in [2.45, 2.75) is 283 Å². The van der Waals surface area contributed by atoms with Gasteiger partial charge >= 0.3 is 5.97 Å². The highest BCUT2D eigenvalue weighted by molar-refractivity contribution is 5.77. The van der Waals surface area contributed by atoms with Crippen molar-refractivity contribution in [3.8, 4) is 0 Å². The van der Waals surface area contributed by atoms with Crippen LogP contribution in [-0.4, -0.2) is 46.9 Å². The number of nitrogens with one attached hydrogen (secondary N) is 1. The van der Waals surface area contributed by atoms with Gasteiger partial charge in [-0.2, -0.15) is 0 Å². The molecule has 6 nitrogen and oxygen atoms in total. The van der Waals surface area contributed by atoms with Gasteiger partial charge in [-0.05, 0) is 44.9 Å². The van der Waals surface area contributed by atoms with Crippen molar-refractivity contribution >= 4 is 11.9 Å². The summed E-state index contributed by atoms with van der Waals surface area (Å²) < 4.78 is 5.89. The summed E-state index contributed by atoms with van der Waals surface area (Å²) in [6.45, 7) is 6.46. The van der Waals surface area contributed by atoms with E-state index in [4.69, 9.17) is 4.74 Å². The molecule has 6 heteroatoms. The average molecular weight is 804 g/mol. The number of hydrogen-bond acceptors (Lipinski definition) is 5. The zero-order valence-corrected chi connectivity index (χ0v) is 38.2. The molecule has 0 aliphatic rings. The Morgan fingerprint density at radius 3 is 1.33 bits per heavy atom. The maximum atomic E-state index is 13.2. The number of carbonyl (C=O) groups excluding carboxylic acids is 2. The third-order valence-corrected chi connectivity index (χ3v) is 11.5. The first-order valence-corrected chi connectivity index (χ1v) is 25.1. The van der Waals surface area contributed by atoms with Crippen LogP contribution in [0.4, 0.5) is 0 Å². The molecule has 0 spiro atoms. The fourth-order valence-electron chi connectivity index (χ4n) is 7.72. The molecule has 0 heterocycles. The Balaban J connectivity index is 4.63. The Bertz CT molecular complexity index is 904. The average Bonchev–Trinajstić information content (AvgIpc) is 3.20. The van der Waals surface area contributed by atoms with Crippen LogP contribution < -0.4 is 5.32 Å². The van der Waals surface area contributed by atoms with E-state index >= 15 is 0 Å². The van der Waals surface area contributed by atoms with Gasteiger partial charge in [0.2, 0.25) is 5.91 Å². The molecule has 57 heavy (non-hydrogen) atoms. The number of aliphatic hydroxyl groups is 2. The second-order valence-electron chi connectivity index (χ2n) is 17.2. The van der Waals surface area contributed by atoms with E-state index in [1.165, 1.54) is 167 Å². The molecular formula is C51H97NO5. The largest absolute Gasteiger partial charge is 0.462 e. The minimum atomic E-state index is -0.790. The van der Waals surface area contributed by atoms with Crippen LogP contribution >= 0.6 is 0 Å². The van der Waals surface area contributed by atoms with Crippen molar-refractivity contribution in [3.05, 3.63) is 24.3 Å². The Labute approximate surface area is 354 Å². The first kappa shape index (κ1) is 55.3. The first-order valence-electron chi connectivity index (χ1n) is 25.1. The molecule has 3 atom stereocenters. The molecule has 0 aliphatic heterocycles. The number of rotatable bonds is 45. The quantitative estimate of drug-likeness (QED) is 0.0324. The highest BCUT2D eigenvalue weighted by atomic mass is 16.5. The molecule has 1 amide bonds. The van der Waals surface area contributed by atoms with Crippen molar-refractivity contribution in [1.29, 1.82) is 0 Å². The number of allylic oxidation sites excluding steroid dienone is 4. The summed E-state index contributed by atoms with van der Waals surface area (Å²) in [7, 11) is 0. The number of carbonyl (C=O) groups is 2. The van der Waals surface area contributed by atoms with Gasteiger partial charge in [-0.15, -0.1) is 0 Å². The van der Waals surface area contributed by atoms with Crippen LogP contribution in [0.1, 0.15) is 265 Å². The standard InChI is InChI=1S/C51H97NO5/c1-4-7-10-13-16-19-22-24-25-27-28-30-33-36-39-42-47(57-51(56)44-41-38-35-32-29-26-23-20-17-14-11-8-5-2)45-50(55)52-48(46-53)49(54)43-40-37-34-31-21-18-15-12-9-6-3/h26,29,35,38,47-49,53-54H,4-25,27-28,30-34,36-37,39-46H2,1-3H3,(H,52,55)/b29-26-,38-35+. The molecule has 0 saturated carbocycles. The van der Waals surface area contributed by atoms with E-state index < -0.39 is 18.2 Å². The van der Waals surface area contributed by atoms with Crippen LogP contribution in [0, 0.1) is 0 Å². The Kier molecular flexibility index (Phi) is 44.1. The molecule has 3 N–H and O–H groups in total. The van der Waals surface area contributed by atoms with Crippen LogP contribution in [0.25, 0.3) is 0 Å². The van der Waals surface area contributed by atoms with Gasteiger partial charge in [0, 0.05) is 6.42 Å². The van der Waals surface area contributed by atoms with Crippen molar-refractivity contribution in [1.82, 2.24) is 5.32 Å². The molecule has 0 aromatic rings. The smallest absolute Gasteiger partial charge is 0.306 e. The molecule has 0 aliphatic carbocycles. The van der Waals surface area contributed by atoms with Crippen LogP contribution in [0.15, 0.2) is 24.3 Å². The van der Waals surface area contributed by atoms with Crippen molar-refractivity contribution < 1.29 is 24.5 Å². The summed E-state index contributed by atoms with van der Waals surface area (Å²) in [6.07, 6.45) is 51.0. The second kappa shape index (κ2) is 45.4. The number of amides is 1. The molecule has 0 saturated heterocycles. The van der Waals surface area contributed by atoms with E-state index in [0.29, 0.717) is 25.7 Å². The molecule has 336 valence electrons. The monoisotopic (exact) mass is 804 g/mol. The van der Waals surface area contributed by atoms with Gasteiger partial charge in [0.1, 0.15) is 6.10 Å². The minimum Gasteiger partial charge on any atom is -0.462 e. The predicted molar refractivity (Wildman–Crippen MR) is 246 cm³/mol. The Morgan fingerprint density at radius 2 is 0.895 bits per heavy atom. The summed E-state index contributed by atoms with van der Waals surface area (Å²) in [5.74, 6) is -0.542. The van der Waals surface area contributed by atoms with Crippen LogP contribution in [0.3, 0.4) is 0 Å². The topological polar surface area (TPSA) is 95.9 Å². The van der Waals surface area contributed by atoms with E-state index in [0.717, 1.165) is 44.9 Å². The number of hydrogen-bond donors (Lipinski definition) is 3. The number of ether oxygens (including phenoxy) is 1. The van der Waals surface area contributed by atoms with E-state index in [2.05, 4.69) is 50.4 Å². The minimum absolute atomic E-state index is 0.0606. The zero-order chi connectivity index (χ0) is 41.7. The lowest BCUT2D eigenvalue weighted by atomic mass is 10.0. The second-order valence-corrected chi connectivity index (χ2v) is 17.2. The van der Waals surface area contributed by atoms with Gasteiger partial charge in [-0.3, -0.25) is 9.59 Å². The maximum Gasteiger partial charge on any atom is 0.306 e. The summed E-state index contributed by atoms with van der Waals surface area (Å²) in [6, 6.07) is -0.705. The molecule has 0 radical (unpaired) electrons. The molecular weight excluding hydrogens is 707 g/mol. The van der Waals surface area contributed by atoms with Crippen molar-refractivity contribution in [3.63, 3.8) is 0 Å². The van der Waals surface area contributed by atoms with Gasteiger partial charge in [0.05, 0.1) is 25.2 Å². The molecule has 0 fully saturated rings. The van der Waals surface area contributed by atoms with Crippen LogP contribution in [0.5, 0.6) is 0 Å². The highest BCUT2D eigenvalue weighted by Gasteiger charge is 2.24. The number of aliphatic hydroxyl groups excluding tert-OH is 2. The van der Waals surface area contributed by atoms with E-state index in [1.54, 1.807) is 0 Å². The van der Waals surface area contributed by atoms with Crippen molar-refractivity contribution in [2.24, 2.45) is 0 Å². The fourth-order valence-corrected chi connectivity index (χ4v) is 7.72. The van der Waals surface area contributed by atoms with Crippen LogP contribution in [-0.2, 0) is 14.3 Å². The van der Waals surface area contributed by atoms with Crippen molar-refractivity contribution in [2.75, 3.05) is 6.61 Å². The van der Waals surface area contributed by atoms with Crippen LogP contribution in [0.2, 0.25) is 0 Å². The number of unbranched alkanes of at least 4 members (excludes halogenated alkanes) is 29. The molecule has 3 unspecified atom stereocenters. The van der Waals surface area contributed by atoms with Gasteiger partial charge in [0.25, 0.3) is 0 Å². The third kappa shape index (κ3) is 40.9. The normalized spacial score (nSPS) is 13.4. The first-order chi connectivity index (χ1) is 28.0. The molecule has 0 aromatic heterocycles. The van der Waals surface area contributed by atoms with E-state index in [9.17, 15) is 19.8 Å². The Morgan fingerprint density at radius 1 is 0.509 bits per heavy atom. The highest BCUT2D eigenvalue weighted by Crippen LogP contribution is 2.18. The lowest BCUT2D eigenvalue weighted by Gasteiger charge is -2.24. The summed E-state index contributed by atoms with van der Waals surface area (Å²) in [5, 5.41) is 23.7. The summed E-state index contributed by atoms with van der Waals surface area (Å²) >= 11 is 0. The lowest BCUT2D eigenvalue weighted by molar-refractivity contribution is -0.150. The van der Waals surface area contributed by atoms with E-state index in [1.807, 2.05) is 0 Å². The summed E-state index contributed by atoms with van der Waals surface area (Å²) in [4.78, 5) is 26.0. The van der Waals surface area contributed by atoms with E-state index in [-0.39, 0.29) is 24.9 Å². The predicted octanol–water partition coefficient (Wildman–Crippen LogP) is 14.7. The fraction of sp³-hybridized carbons (Fsp3) is 0.882. The van der Waals surface area contributed by atoms with Gasteiger partial charge in [-0.25, -0.2) is 0 Å². The third-order valence-electron chi connectivity index (χ3n) is 11.5. The van der Waals surface area contributed by atoms with Gasteiger partial charge in [-0.1, -0.05) is 231 Å². The molecule has 0 rings (SSSR count). The maximum absolute atomic E-state index is 13.2. The molecule has 0 aromatic carbocycles.